The first-order valence-electron chi connectivity index (χ1n) is 10.9. The zero-order chi connectivity index (χ0) is 27.7. The number of benzene rings is 1. The molecular weight excluding hydrogens is 558 g/mol. The number of carboxylic acids is 1. The van der Waals surface area contributed by atoms with Crippen molar-refractivity contribution in [3.05, 3.63) is 23.8 Å². The summed E-state index contributed by atoms with van der Waals surface area (Å²) >= 11 is 0.747. The van der Waals surface area contributed by atoms with Crippen LogP contribution in [0.3, 0.4) is 0 Å². The molecule has 1 unspecified atom stereocenters. The number of thioether (sulfide) groups is 1. The number of methoxy groups -OCH3 is 1. The van der Waals surface area contributed by atoms with Crippen molar-refractivity contribution in [3.63, 3.8) is 0 Å². The number of ether oxygens (including phenoxy) is 4. The second kappa shape index (κ2) is 13.4. The van der Waals surface area contributed by atoms with Crippen LogP contribution in [0.2, 0.25) is 0 Å². The van der Waals surface area contributed by atoms with Crippen molar-refractivity contribution >= 4 is 38.0 Å². The highest BCUT2D eigenvalue weighted by Gasteiger charge is 2.55. The number of carbonyl (C=O) groups is 1. The van der Waals surface area contributed by atoms with Gasteiger partial charge in [0.25, 0.3) is 20.2 Å². The number of carboxylic acid groups (broad SMARTS) is 1. The lowest BCUT2D eigenvalue weighted by Crippen LogP contribution is -2.54. The van der Waals surface area contributed by atoms with E-state index in [4.69, 9.17) is 27.7 Å². The molecule has 1 aromatic rings. The Kier molecular flexibility index (Phi) is 11.4. The maximum atomic E-state index is 12.5. The van der Waals surface area contributed by atoms with Gasteiger partial charge in [0.15, 0.2) is 0 Å². The maximum absolute atomic E-state index is 12.5. The molecule has 1 saturated heterocycles. The van der Waals surface area contributed by atoms with Crippen LogP contribution in [0, 0.1) is 0 Å². The molecule has 1 aliphatic heterocycles. The minimum atomic E-state index is -4.63. The Hall–Kier alpha value is -1.70. The van der Waals surface area contributed by atoms with E-state index in [9.17, 15) is 31.8 Å². The molecule has 14 nitrogen and oxygen atoms in total. The summed E-state index contributed by atoms with van der Waals surface area (Å²) in [6.45, 7) is 3.32. The van der Waals surface area contributed by atoms with Crippen LogP contribution in [-0.4, -0.2) is 107 Å². The molecule has 1 aliphatic rings. The highest BCUT2D eigenvalue weighted by atomic mass is 32.2. The normalized spacial score (nSPS) is 22.2. The van der Waals surface area contributed by atoms with Gasteiger partial charge in [0.05, 0.1) is 50.1 Å². The molecule has 2 rings (SSSR count). The first kappa shape index (κ1) is 31.5. The number of aromatic hydroxyl groups is 1. The van der Waals surface area contributed by atoms with Crippen LogP contribution in [-0.2, 0) is 48.5 Å². The lowest BCUT2D eigenvalue weighted by Gasteiger charge is -2.31. The Labute approximate surface area is 219 Å². The van der Waals surface area contributed by atoms with Gasteiger partial charge >= 0.3 is 5.97 Å². The summed E-state index contributed by atoms with van der Waals surface area (Å²) in [5.74, 6) is -3.94. The molecule has 212 valence electrons. The van der Waals surface area contributed by atoms with Crippen molar-refractivity contribution < 1.29 is 59.5 Å². The number of phenols is 1. The summed E-state index contributed by atoms with van der Waals surface area (Å²) < 4.78 is 82.2. The third-order valence-corrected chi connectivity index (χ3v) is 8.76. The van der Waals surface area contributed by atoms with Crippen molar-refractivity contribution in [1.29, 1.82) is 0 Å². The molecule has 37 heavy (non-hydrogen) atoms. The minimum Gasteiger partial charge on any atom is -0.507 e. The van der Waals surface area contributed by atoms with Gasteiger partial charge in [-0.15, -0.1) is 11.8 Å². The SMILES string of the molecule is COCCOCCOCCOc1ccc(C2(OS(=O)(=O)CCS(=O)(=O)O)N[C@@](C)(C(=O)O)CS2)c(O)c1. The van der Waals surface area contributed by atoms with E-state index in [2.05, 4.69) is 5.32 Å². The van der Waals surface area contributed by atoms with E-state index in [1.807, 2.05) is 0 Å². The first-order valence-corrected chi connectivity index (χ1v) is 15.0. The Morgan fingerprint density at radius 1 is 1.05 bits per heavy atom. The van der Waals surface area contributed by atoms with E-state index in [0.717, 1.165) is 11.8 Å². The van der Waals surface area contributed by atoms with Gasteiger partial charge in [0, 0.05) is 18.9 Å². The van der Waals surface area contributed by atoms with Crippen LogP contribution in [0.5, 0.6) is 11.5 Å². The zero-order valence-electron chi connectivity index (χ0n) is 20.2. The number of rotatable bonds is 17. The maximum Gasteiger partial charge on any atom is 0.324 e. The fourth-order valence-corrected chi connectivity index (χ4v) is 7.07. The Morgan fingerprint density at radius 2 is 1.68 bits per heavy atom. The number of hydrogen-bond acceptors (Lipinski definition) is 13. The van der Waals surface area contributed by atoms with E-state index in [1.165, 1.54) is 25.1 Å². The fourth-order valence-electron chi connectivity index (χ4n) is 3.02. The van der Waals surface area contributed by atoms with Crippen LogP contribution in [0.15, 0.2) is 18.2 Å². The van der Waals surface area contributed by atoms with E-state index >= 15 is 0 Å². The molecule has 1 heterocycles. The molecule has 0 amide bonds. The number of hydrogen-bond donors (Lipinski definition) is 4. The van der Waals surface area contributed by atoms with Gasteiger partial charge < -0.3 is 29.2 Å². The van der Waals surface area contributed by atoms with Crippen LogP contribution in [0.25, 0.3) is 0 Å². The van der Waals surface area contributed by atoms with Gasteiger partial charge in [-0.25, -0.2) is 4.18 Å². The molecular formula is C20H31NO13S3. The first-order chi connectivity index (χ1) is 17.2. The van der Waals surface area contributed by atoms with Gasteiger partial charge in [0.2, 0.25) is 5.06 Å². The average molecular weight is 590 g/mol. The van der Waals surface area contributed by atoms with Gasteiger partial charge in [-0.05, 0) is 19.1 Å². The summed E-state index contributed by atoms with van der Waals surface area (Å²) in [4.78, 5) is 11.8. The largest absolute Gasteiger partial charge is 0.507 e. The molecule has 4 N–H and O–H groups in total. The predicted molar refractivity (Wildman–Crippen MR) is 132 cm³/mol. The highest BCUT2D eigenvalue weighted by Crippen LogP contribution is 2.48. The van der Waals surface area contributed by atoms with E-state index < -0.39 is 54.1 Å². The number of nitrogens with one attached hydrogen (secondary N) is 1. The smallest absolute Gasteiger partial charge is 0.324 e. The molecule has 0 bridgehead atoms. The van der Waals surface area contributed by atoms with Crippen LogP contribution in [0.1, 0.15) is 12.5 Å². The Bertz CT molecular complexity index is 1130. The Morgan fingerprint density at radius 3 is 2.22 bits per heavy atom. The second-order valence-corrected chi connectivity index (χ2v) is 12.5. The van der Waals surface area contributed by atoms with Crippen LogP contribution >= 0.6 is 11.8 Å². The monoisotopic (exact) mass is 589 g/mol. The van der Waals surface area contributed by atoms with Gasteiger partial charge in [-0.3, -0.25) is 14.7 Å². The quantitative estimate of drug-likeness (QED) is 0.107. The Balaban J connectivity index is 2.11. The minimum absolute atomic E-state index is 0.130. The third kappa shape index (κ3) is 9.84. The third-order valence-electron chi connectivity index (χ3n) is 4.94. The van der Waals surface area contributed by atoms with Crippen molar-refractivity contribution in [3.8, 4) is 11.5 Å². The molecule has 0 aromatic heterocycles. The molecule has 1 aromatic carbocycles. The lowest BCUT2D eigenvalue weighted by molar-refractivity contribution is -0.144. The van der Waals surface area contributed by atoms with Crippen LogP contribution in [0.4, 0.5) is 0 Å². The van der Waals surface area contributed by atoms with Crippen molar-refractivity contribution in [2.45, 2.75) is 17.5 Å². The topological polar surface area (TPSA) is 204 Å². The predicted octanol–water partition coefficient (Wildman–Crippen LogP) is -0.0252. The summed E-state index contributed by atoms with van der Waals surface area (Å²) in [6, 6.07) is 3.90. The highest BCUT2D eigenvalue weighted by molar-refractivity contribution is 8.01. The van der Waals surface area contributed by atoms with E-state index in [1.54, 1.807) is 7.11 Å². The standard InChI is InChI=1S/C20H31NO13S3/c1-19(18(23)24)14-35-20(21-19,34-37(28,29)12-11-36(25,26)27)16-4-3-15(13-17(16)22)33-10-9-32-8-7-31-6-5-30-2/h3-4,13,21-22H,5-12,14H2,1-2H3,(H,23,24)(H,25,26,27)/t19-,20?/m1/s1. The molecule has 0 spiro atoms. The molecule has 0 radical (unpaired) electrons. The number of phenolic OH excluding ortho intramolecular Hbond substituents is 1. The molecule has 17 heteroatoms. The number of aliphatic carboxylic acids is 1. The molecule has 1 fully saturated rings. The lowest BCUT2D eigenvalue weighted by atomic mass is 10.0. The summed E-state index contributed by atoms with van der Waals surface area (Å²) in [7, 11) is -7.67. The summed E-state index contributed by atoms with van der Waals surface area (Å²) in [6.07, 6.45) is 0. The zero-order valence-corrected chi connectivity index (χ0v) is 22.7. The van der Waals surface area contributed by atoms with Crippen molar-refractivity contribution in [2.75, 3.05) is 64.0 Å². The van der Waals surface area contributed by atoms with E-state index in [-0.39, 0.29) is 30.3 Å². The summed E-state index contributed by atoms with van der Waals surface area (Å²) in [5, 5.41) is 20.8. The van der Waals surface area contributed by atoms with E-state index in [0.29, 0.717) is 26.4 Å². The molecule has 2 atom stereocenters. The fraction of sp³-hybridized carbons (Fsp3) is 0.650. The van der Waals surface area contributed by atoms with Gasteiger partial charge in [-0.2, -0.15) is 16.8 Å². The van der Waals surface area contributed by atoms with Gasteiger partial charge in [0.1, 0.15) is 23.6 Å². The molecule has 0 saturated carbocycles. The molecule has 0 aliphatic carbocycles. The van der Waals surface area contributed by atoms with Gasteiger partial charge in [-0.1, -0.05) is 0 Å². The summed E-state index contributed by atoms with van der Waals surface area (Å²) in [5.41, 5.74) is -1.77. The van der Waals surface area contributed by atoms with Crippen LogP contribution < -0.4 is 10.1 Å². The van der Waals surface area contributed by atoms with Crippen molar-refractivity contribution in [2.24, 2.45) is 0 Å². The second-order valence-electron chi connectivity index (χ2n) is 8.04. The van der Waals surface area contributed by atoms with Crippen molar-refractivity contribution in [1.82, 2.24) is 5.32 Å². The average Bonchev–Trinajstić information content (AvgIpc) is 3.14.